The van der Waals surface area contributed by atoms with Gasteiger partial charge in [-0.2, -0.15) is 0 Å². The van der Waals surface area contributed by atoms with Gasteiger partial charge in [0, 0.05) is 45.5 Å². The topological polar surface area (TPSA) is 152 Å². The Morgan fingerprint density at radius 1 is 1.00 bits per heavy atom. The molecule has 0 radical (unpaired) electrons. The van der Waals surface area contributed by atoms with Crippen LogP contribution < -0.4 is 11.1 Å². The number of hydrogen-bond donors (Lipinski definition) is 2. The number of carbonyl (C=O) groups excluding carboxylic acids is 4. The molecule has 12 heteroatoms. The molecule has 42 heavy (non-hydrogen) atoms. The minimum atomic E-state index is -0.976. The first-order chi connectivity index (χ1) is 19.8. The van der Waals surface area contributed by atoms with Crippen LogP contribution >= 0.6 is 15.9 Å². The summed E-state index contributed by atoms with van der Waals surface area (Å²) in [5, 5.41) is 2.56. The van der Waals surface area contributed by atoms with Gasteiger partial charge in [0.15, 0.2) is 11.9 Å². The predicted molar refractivity (Wildman–Crippen MR) is 159 cm³/mol. The van der Waals surface area contributed by atoms with Gasteiger partial charge in [-0.05, 0) is 53.8 Å². The fraction of sp³-hybridized carbons (Fsp3) is 0.533. The molecule has 2 rings (SSSR count). The van der Waals surface area contributed by atoms with Crippen molar-refractivity contribution < 1.29 is 42.9 Å². The summed E-state index contributed by atoms with van der Waals surface area (Å²) in [7, 11) is 6.04. The number of nitrogens with two attached hydrogens (primary N) is 1. The van der Waals surface area contributed by atoms with Crippen molar-refractivity contribution in [2.45, 2.75) is 64.6 Å². The summed E-state index contributed by atoms with van der Waals surface area (Å²) in [6.45, 7) is 7.15. The Labute approximate surface area is 255 Å². The lowest BCUT2D eigenvalue weighted by Gasteiger charge is -2.34. The first-order valence-corrected chi connectivity index (χ1v) is 14.2. The highest BCUT2D eigenvalue weighted by molar-refractivity contribution is 9.12. The number of fused-ring (bicyclic) bond motifs is 2. The zero-order valence-corrected chi connectivity index (χ0v) is 26.9. The molecule has 2 amide bonds. The summed E-state index contributed by atoms with van der Waals surface area (Å²) in [5.41, 5.74) is 6.22. The number of allylic oxidation sites excluding steroid dienone is 5. The number of nitrogens with one attached hydrogen (secondary N) is 1. The first kappa shape index (κ1) is 35.3. The standard InChI is InChI=1S/C30H41BrN2O9/c1-15-10-9-11-21(38-5)28(42-30(32)37)17(3)12-16(2)27(41-8)22(39-6)13-18(4)26(40-7)19-14-20(34)23(31)24(25(19)35)33-29(15)36/h9-12,14,16,18,21-22,26-28H,13H2,1-8H3,(H2,32,37)(H,33,36)/b11-9+,15-10-,17-12+/t16-,18-,21-,22-,26+,27+,28-/m0/s1. The lowest BCUT2D eigenvalue weighted by Crippen LogP contribution is -2.41. The Bertz CT molecular complexity index is 1200. The van der Waals surface area contributed by atoms with E-state index < -0.39 is 54.1 Å². The van der Waals surface area contributed by atoms with Crippen LogP contribution in [0.2, 0.25) is 0 Å². The van der Waals surface area contributed by atoms with Crippen LogP contribution in [0.3, 0.4) is 0 Å². The van der Waals surface area contributed by atoms with E-state index >= 15 is 0 Å². The highest BCUT2D eigenvalue weighted by Gasteiger charge is 2.38. The van der Waals surface area contributed by atoms with E-state index in [1.807, 2.05) is 19.9 Å². The predicted octanol–water partition coefficient (Wildman–Crippen LogP) is 3.44. The van der Waals surface area contributed by atoms with Gasteiger partial charge in [-0.15, -0.1) is 0 Å². The van der Waals surface area contributed by atoms with Crippen LogP contribution in [0.5, 0.6) is 0 Å². The molecule has 0 aromatic rings. The summed E-state index contributed by atoms with van der Waals surface area (Å²) in [6, 6.07) is 0. The van der Waals surface area contributed by atoms with E-state index in [1.165, 1.54) is 26.4 Å². The molecule has 0 saturated carbocycles. The van der Waals surface area contributed by atoms with Crippen LogP contribution in [0, 0.1) is 11.8 Å². The summed E-state index contributed by atoms with van der Waals surface area (Å²) in [5.74, 6) is -2.16. The van der Waals surface area contributed by atoms with E-state index in [0.717, 1.165) is 0 Å². The molecule has 0 spiro atoms. The van der Waals surface area contributed by atoms with Gasteiger partial charge >= 0.3 is 6.09 Å². The number of primary amides is 1. The second-order valence-electron chi connectivity index (χ2n) is 10.3. The normalized spacial score (nSPS) is 33.6. The number of methoxy groups -OCH3 is 4. The maximum atomic E-state index is 13.6. The monoisotopic (exact) mass is 652 g/mol. The van der Waals surface area contributed by atoms with Crippen molar-refractivity contribution in [1.82, 2.24) is 5.32 Å². The molecule has 0 unspecified atom stereocenters. The van der Waals surface area contributed by atoms with Gasteiger partial charge < -0.3 is 34.7 Å². The van der Waals surface area contributed by atoms with Crippen molar-refractivity contribution >= 4 is 39.5 Å². The highest BCUT2D eigenvalue weighted by atomic mass is 79.9. The third kappa shape index (κ3) is 8.57. The number of ether oxygens (including phenoxy) is 5. The van der Waals surface area contributed by atoms with Crippen molar-refractivity contribution in [1.29, 1.82) is 0 Å². The number of hydrogen-bond acceptors (Lipinski definition) is 9. The molecule has 7 atom stereocenters. The minimum Gasteiger partial charge on any atom is -0.439 e. The number of Topliss-reactive ketones (excluding diaryl/α,β-unsaturated/α-hetero) is 1. The van der Waals surface area contributed by atoms with Crippen LogP contribution in [0.25, 0.3) is 0 Å². The molecule has 0 fully saturated rings. The molecule has 232 valence electrons. The molecular formula is C30H41BrN2O9. The largest absolute Gasteiger partial charge is 0.439 e. The van der Waals surface area contributed by atoms with Gasteiger partial charge in [0.05, 0.1) is 22.8 Å². The van der Waals surface area contributed by atoms with Crippen molar-refractivity contribution in [2.75, 3.05) is 28.4 Å². The zero-order chi connectivity index (χ0) is 31.7. The summed E-state index contributed by atoms with van der Waals surface area (Å²) in [4.78, 5) is 51.3. The summed E-state index contributed by atoms with van der Waals surface area (Å²) < 4.78 is 28.4. The van der Waals surface area contributed by atoms with Gasteiger partial charge in [-0.3, -0.25) is 14.4 Å². The smallest absolute Gasteiger partial charge is 0.405 e. The van der Waals surface area contributed by atoms with E-state index in [4.69, 9.17) is 29.4 Å². The van der Waals surface area contributed by atoms with Crippen LogP contribution in [-0.4, -0.2) is 82.5 Å². The van der Waals surface area contributed by atoms with Gasteiger partial charge in [0.1, 0.15) is 11.8 Å². The summed E-state index contributed by atoms with van der Waals surface area (Å²) >= 11 is 3.16. The lowest BCUT2D eigenvalue weighted by molar-refractivity contribution is -0.120. The van der Waals surface area contributed by atoms with Crippen molar-refractivity contribution in [3.8, 4) is 0 Å². The number of carbonyl (C=O) groups is 4. The zero-order valence-electron chi connectivity index (χ0n) is 25.3. The van der Waals surface area contributed by atoms with E-state index in [0.29, 0.717) is 12.0 Å². The average molecular weight is 654 g/mol. The van der Waals surface area contributed by atoms with E-state index in [2.05, 4.69) is 21.2 Å². The Hall–Kier alpha value is -2.90. The first-order valence-electron chi connectivity index (χ1n) is 13.4. The lowest BCUT2D eigenvalue weighted by atomic mass is 9.84. The molecule has 0 aromatic carbocycles. The molecule has 2 bridgehead atoms. The fourth-order valence-electron chi connectivity index (χ4n) is 5.23. The second kappa shape index (κ2) is 16.1. The van der Waals surface area contributed by atoms with E-state index in [9.17, 15) is 19.2 Å². The van der Waals surface area contributed by atoms with Gasteiger partial charge in [-0.1, -0.05) is 38.2 Å². The number of rotatable bonds is 5. The Morgan fingerprint density at radius 3 is 2.21 bits per heavy atom. The van der Waals surface area contributed by atoms with E-state index in [-0.39, 0.29) is 33.2 Å². The van der Waals surface area contributed by atoms with Crippen molar-refractivity contribution in [2.24, 2.45) is 17.6 Å². The highest BCUT2D eigenvalue weighted by Crippen LogP contribution is 2.32. The number of amides is 2. The quantitative estimate of drug-likeness (QED) is 0.336. The number of halogens is 1. The van der Waals surface area contributed by atoms with Crippen molar-refractivity contribution in [3.63, 3.8) is 0 Å². The van der Waals surface area contributed by atoms with E-state index in [1.54, 1.807) is 40.2 Å². The Balaban J connectivity index is 2.70. The Kier molecular flexibility index (Phi) is 13.5. The molecule has 1 aliphatic heterocycles. The van der Waals surface area contributed by atoms with Gasteiger partial charge in [0.25, 0.3) is 5.91 Å². The fourth-order valence-corrected chi connectivity index (χ4v) is 5.63. The minimum absolute atomic E-state index is 0.0585. The van der Waals surface area contributed by atoms with Gasteiger partial charge in [0.2, 0.25) is 5.78 Å². The Morgan fingerprint density at radius 2 is 1.67 bits per heavy atom. The van der Waals surface area contributed by atoms with Gasteiger partial charge in [-0.25, -0.2) is 4.79 Å². The van der Waals surface area contributed by atoms with Crippen LogP contribution in [-0.2, 0) is 38.1 Å². The molecule has 11 nitrogen and oxygen atoms in total. The maximum Gasteiger partial charge on any atom is 0.405 e. The second-order valence-corrected chi connectivity index (χ2v) is 11.1. The van der Waals surface area contributed by atoms with Crippen LogP contribution in [0.15, 0.2) is 57.3 Å². The molecule has 3 N–H and O–H groups in total. The molecule has 0 saturated heterocycles. The maximum absolute atomic E-state index is 13.6. The molecule has 0 aromatic heterocycles. The van der Waals surface area contributed by atoms with Crippen molar-refractivity contribution in [3.05, 3.63) is 57.3 Å². The molecule has 2 aliphatic rings. The molecule has 1 heterocycles. The van der Waals surface area contributed by atoms with Crippen LogP contribution in [0.1, 0.15) is 34.1 Å². The summed E-state index contributed by atoms with van der Waals surface area (Å²) in [6.07, 6.45) is 3.91. The third-order valence-electron chi connectivity index (χ3n) is 7.38. The van der Waals surface area contributed by atoms with Crippen LogP contribution in [0.4, 0.5) is 4.79 Å². The average Bonchev–Trinajstić information content (AvgIpc) is 2.94. The molecule has 1 aliphatic carbocycles. The third-order valence-corrected chi connectivity index (χ3v) is 8.17. The number of ketones is 2. The molecular weight excluding hydrogens is 612 g/mol. The SMILES string of the molecule is CO[C@H]1[C@@H](OC)C[C@H](C)[C@@H](OC)C2=CC(=O)C(Br)=C(NC(=O)/C(C)=C\C=C\[C@H](OC)[C@@H](OC(N)=O)/C(C)=C/[C@@H]1C)C2=O.